The van der Waals surface area contributed by atoms with Crippen molar-refractivity contribution >= 4 is 56.5 Å². The lowest BCUT2D eigenvalue weighted by atomic mass is 10.1. The van der Waals surface area contributed by atoms with Gasteiger partial charge in [-0.05, 0) is 55.7 Å². The molecule has 0 unspecified atom stereocenters. The van der Waals surface area contributed by atoms with Crippen LogP contribution >= 0.6 is 11.3 Å². The third-order valence-corrected chi connectivity index (χ3v) is 8.39. The first-order valence-corrected chi connectivity index (χ1v) is 13.8. The maximum absolute atomic E-state index is 13.5. The van der Waals surface area contributed by atoms with Crippen molar-refractivity contribution in [3.05, 3.63) is 53.6 Å². The molecule has 1 aromatic carbocycles. The lowest BCUT2D eigenvalue weighted by molar-refractivity contribution is -0.127. The summed E-state index contributed by atoms with van der Waals surface area (Å²) in [5.74, 6) is 0.295. The molecule has 0 radical (unpaired) electrons. The van der Waals surface area contributed by atoms with Crippen LogP contribution in [-0.2, 0) is 9.53 Å². The van der Waals surface area contributed by atoms with Crippen LogP contribution in [0.25, 0.3) is 10.2 Å². The highest BCUT2D eigenvalue weighted by atomic mass is 32.1. The van der Waals surface area contributed by atoms with Crippen molar-refractivity contribution in [2.45, 2.75) is 38.3 Å². The molecule has 10 nitrogen and oxygen atoms in total. The van der Waals surface area contributed by atoms with Gasteiger partial charge in [0, 0.05) is 31.7 Å². The third-order valence-electron chi connectivity index (χ3n) is 7.29. The Bertz CT molecular complexity index is 1480. The number of ether oxygens (including phenoxy) is 2. The molecule has 2 aromatic heterocycles. The van der Waals surface area contributed by atoms with Gasteiger partial charge in [-0.1, -0.05) is 6.58 Å². The Balaban J connectivity index is 1.28. The number of piperidine rings is 1. The summed E-state index contributed by atoms with van der Waals surface area (Å²) in [4.78, 5) is 47.8. The molecule has 2 atom stereocenters. The van der Waals surface area contributed by atoms with E-state index in [0.717, 1.165) is 36.0 Å². The molecule has 3 aliphatic heterocycles. The predicted octanol–water partition coefficient (Wildman–Crippen LogP) is 4.36. The smallest absolute Gasteiger partial charge is 0.331 e. The zero-order valence-electron chi connectivity index (χ0n) is 21.6. The Morgan fingerprint density at radius 1 is 1.28 bits per heavy atom. The van der Waals surface area contributed by atoms with E-state index in [9.17, 15) is 14.4 Å². The highest BCUT2D eigenvalue weighted by Crippen LogP contribution is 2.46. The second-order valence-electron chi connectivity index (χ2n) is 9.93. The number of thiophene rings is 1. The summed E-state index contributed by atoms with van der Waals surface area (Å²) in [5, 5.41) is 6.73. The van der Waals surface area contributed by atoms with Gasteiger partial charge in [0.1, 0.15) is 21.6 Å². The van der Waals surface area contributed by atoms with Crippen molar-refractivity contribution in [3.63, 3.8) is 0 Å². The minimum atomic E-state index is -0.358. The lowest BCUT2D eigenvalue weighted by Gasteiger charge is -2.32. The van der Waals surface area contributed by atoms with Gasteiger partial charge in [-0.15, -0.1) is 11.3 Å². The second kappa shape index (κ2) is 10.3. The van der Waals surface area contributed by atoms with Crippen LogP contribution in [0.1, 0.15) is 34.5 Å². The van der Waals surface area contributed by atoms with E-state index in [1.165, 1.54) is 17.4 Å². The van der Waals surface area contributed by atoms with Crippen LogP contribution < -0.4 is 20.3 Å². The maximum Gasteiger partial charge on any atom is 0.331 e. The minimum absolute atomic E-state index is 0.0328. The Morgan fingerprint density at radius 2 is 2.15 bits per heavy atom. The molecule has 39 heavy (non-hydrogen) atoms. The number of pyridine rings is 1. The molecule has 3 aromatic rings. The number of carbonyl (C=O) groups is 3. The minimum Gasteiger partial charge on any atom is -0.488 e. The van der Waals surface area contributed by atoms with Gasteiger partial charge < -0.3 is 25.0 Å². The molecule has 5 heterocycles. The van der Waals surface area contributed by atoms with Crippen LogP contribution in [-0.4, -0.2) is 66.2 Å². The van der Waals surface area contributed by atoms with E-state index >= 15 is 0 Å². The lowest BCUT2D eigenvalue weighted by Crippen LogP contribution is -2.49. The number of aromatic nitrogens is 1. The molecule has 6 rings (SSSR count). The molecule has 2 N–H and O–H groups in total. The van der Waals surface area contributed by atoms with Gasteiger partial charge in [-0.25, -0.2) is 9.78 Å². The molecule has 3 aliphatic rings. The monoisotopic (exact) mass is 547 g/mol. The van der Waals surface area contributed by atoms with E-state index in [4.69, 9.17) is 9.47 Å². The summed E-state index contributed by atoms with van der Waals surface area (Å²) in [7, 11) is 0. The number of anilines is 3. The molecular formula is C28H29N5O5S. The number of likely N-dealkylation sites (tertiary alicyclic amines) is 1. The molecule has 0 spiro atoms. The fraction of sp³-hybridized carbons (Fsp3) is 0.357. The summed E-state index contributed by atoms with van der Waals surface area (Å²) < 4.78 is 11.4. The molecule has 11 heteroatoms. The number of nitrogens with one attached hydrogen (secondary N) is 2. The third kappa shape index (κ3) is 4.72. The van der Waals surface area contributed by atoms with Crippen molar-refractivity contribution in [2.75, 3.05) is 36.5 Å². The second-order valence-corrected chi connectivity index (χ2v) is 10.9. The Kier molecular flexibility index (Phi) is 6.69. The number of hydrogen-bond acceptors (Lipinski definition) is 7. The van der Waals surface area contributed by atoms with Gasteiger partial charge in [0.05, 0.1) is 35.7 Å². The van der Waals surface area contributed by atoms with Gasteiger partial charge in [-0.2, -0.15) is 0 Å². The number of hydrogen-bond donors (Lipinski definition) is 2. The first-order valence-electron chi connectivity index (χ1n) is 13.0. The summed E-state index contributed by atoms with van der Waals surface area (Å²) in [6.07, 6.45) is 5.39. The molecule has 2 fully saturated rings. The van der Waals surface area contributed by atoms with Crippen LogP contribution in [0, 0.1) is 6.92 Å². The van der Waals surface area contributed by atoms with E-state index in [2.05, 4.69) is 22.2 Å². The Labute approximate surface area is 229 Å². The van der Waals surface area contributed by atoms with Crippen molar-refractivity contribution in [1.29, 1.82) is 0 Å². The molecule has 0 aliphatic carbocycles. The van der Waals surface area contributed by atoms with Crippen LogP contribution in [0.3, 0.4) is 0 Å². The Morgan fingerprint density at radius 3 is 2.92 bits per heavy atom. The molecule has 202 valence electrons. The topological polar surface area (TPSA) is 113 Å². The number of nitrogens with zero attached hydrogens (tertiary/aromatic N) is 3. The van der Waals surface area contributed by atoms with Crippen LogP contribution in [0.15, 0.2) is 43.1 Å². The quantitative estimate of drug-likeness (QED) is 0.444. The highest BCUT2D eigenvalue weighted by molar-refractivity contribution is 7.21. The van der Waals surface area contributed by atoms with E-state index in [0.29, 0.717) is 53.1 Å². The summed E-state index contributed by atoms with van der Waals surface area (Å²) in [6, 6.07) is 6.90. The number of benzene rings is 1. The van der Waals surface area contributed by atoms with E-state index in [1.54, 1.807) is 22.1 Å². The SMILES string of the molecule is C=CC(=O)N1CCC[C@@H](NC(=O)c2sc3nccc4c3c2NC(=O)N4c2ccc(O[C@@H]3CCOC3)cc2C)C1. The zero-order valence-corrected chi connectivity index (χ0v) is 22.4. The molecule has 0 saturated carbocycles. The average Bonchev–Trinajstić information content (AvgIpc) is 3.58. The molecule has 4 amide bonds. The first-order chi connectivity index (χ1) is 18.9. The standard InChI is InChI=1S/C28H29N5O5S/c1-3-22(34)32-11-4-5-17(14-32)30-26(35)25-24-23-21(8-10-29-27(23)39-25)33(28(36)31-24)20-7-6-18(13-16(20)2)38-19-9-12-37-15-19/h3,6-8,10,13,17,19H,1,4-5,9,11-12,14-15H2,2H3,(H,30,35)(H,31,36)/t17-,19-/m1/s1. The van der Waals surface area contributed by atoms with Gasteiger partial charge in [0.15, 0.2) is 0 Å². The van der Waals surface area contributed by atoms with E-state index < -0.39 is 0 Å². The van der Waals surface area contributed by atoms with Crippen molar-refractivity contribution < 1.29 is 23.9 Å². The maximum atomic E-state index is 13.5. The van der Waals surface area contributed by atoms with E-state index in [1.807, 2.05) is 25.1 Å². The molecule has 2 saturated heterocycles. The van der Waals surface area contributed by atoms with Gasteiger partial charge >= 0.3 is 6.03 Å². The van der Waals surface area contributed by atoms with Gasteiger partial charge in [-0.3, -0.25) is 14.5 Å². The number of amides is 4. The largest absolute Gasteiger partial charge is 0.488 e. The van der Waals surface area contributed by atoms with Crippen molar-refractivity contribution in [2.24, 2.45) is 0 Å². The van der Waals surface area contributed by atoms with Crippen molar-refractivity contribution in [1.82, 2.24) is 15.2 Å². The number of rotatable bonds is 6. The van der Waals surface area contributed by atoms with E-state index in [-0.39, 0.29) is 30.0 Å². The van der Waals surface area contributed by atoms with Crippen LogP contribution in [0.2, 0.25) is 0 Å². The number of aryl methyl sites for hydroxylation is 1. The Hall–Kier alpha value is -3.96. The van der Waals surface area contributed by atoms with Gasteiger partial charge in [0.2, 0.25) is 5.91 Å². The number of urea groups is 1. The highest BCUT2D eigenvalue weighted by Gasteiger charge is 2.34. The summed E-state index contributed by atoms with van der Waals surface area (Å²) in [6.45, 7) is 7.84. The fourth-order valence-electron chi connectivity index (χ4n) is 5.41. The molecular weight excluding hydrogens is 518 g/mol. The molecule has 0 bridgehead atoms. The van der Waals surface area contributed by atoms with Crippen LogP contribution in [0.4, 0.5) is 21.9 Å². The zero-order chi connectivity index (χ0) is 27.1. The van der Waals surface area contributed by atoms with Crippen molar-refractivity contribution in [3.8, 4) is 5.75 Å². The average molecular weight is 548 g/mol. The van der Waals surface area contributed by atoms with Crippen LogP contribution in [0.5, 0.6) is 5.75 Å². The summed E-state index contributed by atoms with van der Waals surface area (Å²) >= 11 is 1.24. The number of carbonyl (C=O) groups excluding carboxylic acids is 3. The fourth-order valence-corrected chi connectivity index (χ4v) is 6.43. The summed E-state index contributed by atoms with van der Waals surface area (Å²) in [5.41, 5.74) is 2.71. The van der Waals surface area contributed by atoms with Gasteiger partial charge in [0.25, 0.3) is 5.91 Å². The first kappa shape index (κ1) is 25.3. The predicted molar refractivity (Wildman–Crippen MR) is 149 cm³/mol. The normalized spacial score (nSPS) is 20.6.